The number of imidazole rings is 1. The van der Waals surface area contributed by atoms with E-state index in [-0.39, 0.29) is 17.3 Å². The molecule has 34 heavy (non-hydrogen) atoms. The predicted octanol–water partition coefficient (Wildman–Crippen LogP) is 5.48. The number of halogens is 2. The van der Waals surface area contributed by atoms with E-state index in [1.165, 1.54) is 12.1 Å². The van der Waals surface area contributed by atoms with Crippen LogP contribution in [-0.2, 0) is 0 Å². The molecule has 3 heterocycles. The van der Waals surface area contributed by atoms with E-state index in [1.54, 1.807) is 66.3 Å². The number of anilines is 2. The summed E-state index contributed by atoms with van der Waals surface area (Å²) >= 11 is 0. The van der Waals surface area contributed by atoms with Gasteiger partial charge in [-0.3, -0.25) is 14.2 Å². The molecule has 0 bridgehead atoms. The Bertz CT molecular complexity index is 1560. The summed E-state index contributed by atoms with van der Waals surface area (Å²) in [6, 6.07) is 16.3. The first-order valence-corrected chi connectivity index (χ1v) is 10.5. The maximum atomic E-state index is 14.4. The summed E-state index contributed by atoms with van der Waals surface area (Å²) in [6.07, 6.45) is 4.96. The van der Waals surface area contributed by atoms with Gasteiger partial charge >= 0.3 is 0 Å². The van der Waals surface area contributed by atoms with Crippen molar-refractivity contribution in [2.45, 2.75) is 6.92 Å². The number of nitrogens with two attached hydrogens (primary N) is 1. The standard InChI is InChI=1S/C26H19F2N5O/c1-15-19(26(34)32-22-10-3-2-9-21(22)29)12-16(13-30-15)17-7-5-11-33-23(17)14-31-25(33)18-6-4-8-20(27)24(18)28/h2-14H,29H2,1H3,(H,32,34). The van der Waals surface area contributed by atoms with E-state index >= 15 is 0 Å². The van der Waals surface area contributed by atoms with Gasteiger partial charge in [-0.15, -0.1) is 0 Å². The van der Waals surface area contributed by atoms with Gasteiger partial charge in [0.25, 0.3) is 5.91 Å². The molecule has 0 aliphatic heterocycles. The summed E-state index contributed by atoms with van der Waals surface area (Å²) in [4.78, 5) is 21.7. The number of pyridine rings is 2. The third kappa shape index (κ3) is 3.65. The number of carbonyl (C=O) groups is 1. The van der Waals surface area contributed by atoms with Gasteiger partial charge in [0, 0.05) is 23.5 Å². The third-order valence-electron chi connectivity index (χ3n) is 5.61. The van der Waals surface area contributed by atoms with Crippen molar-refractivity contribution in [1.29, 1.82) is 0 Å². The zero-order chi connectivity index (χ0) is 23.8. The van der Waals surface area contributed by atoms with Crippen LogP contribution in [0.3, 0.4) is 0 Å². The number of benzene rings is 2. The number of hydrogen-bond acceptors (Lipinski definition) is 4. The molecule has 2 aromatic carbocycles. The highest BCUT2D eigenvalue weighted by atomic mass is 19.2. The quantitative estimate of drug-likeness (QED) is 0.351. The number of nitrogens with one attached hydrogen (secondary N) is 1. The summed E-state index contributed by atoms with van der Waals surface area (Å²) in [6.45, 7) is 1.75. The first-order valence-electron chi connectivity index (χ1n) is 10.5. The smallest absolute Gasteiger partial charge is 0.257 e. The van der Waals surface area contributed by atoms with E-state index in [1.807, 2.05) is 6.07 Å². The topological polar surface area (TPSA) is 85.3 Å². The fourth-order valence-corrected chi connectivity index (χ4v) is 3.85. The monoisotopic (exact) mass is 455 g/mol. The largest absolute Gasteiger partial charge is 0.397 e. The Morgan fingerprint density at radius 2 is 1.76 bits per heavy atom. The fraction of sp³-hybridized carbons (Fsp3) is 0.0385. The number of hydrogen-bond donors (Lipinski definition) is 2. The van der Waals surface area contributed by atoms with Gasteiger partial charge in [-0.25, -0.2) is 13.8 Å². The highest BCUT2D eigenvalue weighted by Crippen LogP contribution is 2.30. The van der Waals surface area contributed by atoms with Gasteiger partial charge in [-0.1, -0.05) is 24.3 Å². The zero-order valence-electron chi connectivity index (χ0n) is 18.1. The molecule has 0 fully saturated rings. The molecule has 0 saturated carbocycles. The van der Waals surface area contributed by atoms with E-state index in [2.05, 4.69) is 15.3 Å². The number of amides is 1. The molecule has 0 spiro atoms. The molecule has 0 aliphatic rings. The molecule has 0 saturated heterocycles. The molecular formula is C26H19F2N5O. The molecule has 5 aromatic rings. The minimum absolute atomic E-state index is 0.0553. The number of rotatable bonds is 4. The number of fused-ring (bicyclic) bond motifs is 1. The second kappa shape index (κ2) is 8.40. The van der Waals surface area contributed by atoms with Crippen molar-refractivity contribution in [2.75, 3.05) is 11.1 Å². The Morgan fingerprint density at radius 1 is 0.971 bits per heavy atom. The molecule has 0 aliphatic carbocycles. The third-order valence-corrected chi connectivity index (χ3v) is 5.61. The molecular weight excluding hydrogens is 436 g/mol. The first-order chi connectivity index (χ1) is 16.4. The lowest BCUT2D eigenvalue weighted by Crippen LogP contribution is -2.15. The Balaban J connectivity index is 1.57. The predicted molar refractivity (Wildman–Crippen MR) is 127 cm³/mol. The van der Waals surface area contributed by atoms with Crippen LogP contribution in [0.2, 0.25) is 0 Å². The molecule has 3 N–H and O–H groups in total. The van der Waals surface area contributed by atoms with Crippen LogP contribution < -0.4 is 11.1 Å². The molecule has 3 aromatic heterocycles. The van der Waals surface area contributed by atoms with Gasteiger partial charge in [0.15, 0.2) is 11.6 Å². The van der Waals surface area contributed by atoms with Crippen LogP contribution in [0.1, 0.15) is 16.1 Å². The van der Waals surface area contributed by atoms with Gasteiger partial charge in [-0.2, -0.15) is 0 Å². The fourth-order valence-electron chi connectivity index (χ4n) is 3.85. The number of para-hydroxylation sites is 2. The van der Waals surface area contributed by atoms with E-state index in [0.717, 1.165) is 11.6 Å². The minimum atomic E-state index is -0.962. The SMILES string of the molecule is Cc1ncc(-c2cccn3c(-c4cccc(F)c4F)ncc23)cc1C(=O)Nc1ccccc1N. The number of carbonyl (C=O) groups excluding carboxylic acids is 1. The molecule has 8 heteroatoms. The van der Waals surface area contributed by atoms with Crippen LogP contribution in [0.15, 0.2) is 79.3 Å². The minimum Gasteiger partial charge on any atom is -0.397 e. The molecule has 6 nitrogen and oxygen atoms in total. The summed E-state index contributed by atoms with van der Waals surface area (Å²) in [5, 5.41) is 2.82. The number of nitrogens with zero attached hydrogens (tertiary/aromatic N) is 3. The molecule has 1 amide bonds. The molecule has 0 unspecified atom stereocenters. The van der Waals surface area contributed by atoms with Crippen molar-refractivity contribution < 1.29 is 13.6 Å². The Labute approximate surface area is 193 Å². The Kier molecular flexibility index (Phi) is 5.25. The molecule has 0 radical (unpaired) electrons. The average Bonchev–Trinajstić information content (AvgIpc) is 3.27. The van der Waals surface area contributed by atoms with Crippen LogP contribution >= 0.6 is 0 Å². The molecule has 5 rings (SSSR count). The number of aryl methyl sites for hydroxylation is 1. The van der Waals surface area contributed by atoms with Crippen molar-refractivity contribution in [3.05, 3.63) is 102 Å². The maximum Gasteiger partial charge on any atom is 0.257 e. The van der Waals surface area contributed by atoms with E-state index in [9.17, 15) is 13.6 Å². The van der Waals surface area contributed by atoms with Gasteiger partial charge in [0.2, 0.25) is 0 Å². The maximum absolute atomic E-state index is 14.4. The van der Waals surface area contributed by atoms with Crippen LogP contribution in [0.25, 0.3) is 28.0 Å². The van der Waals surface area contributed by atoms with Crippen molar-refractivity contribution >= 4 is 22.8 Å². The van der Waals surface area contributed by atoms with E-state index in [4.69, 9.17) is 5.73 Å². The van der Waals surface area contributed by atoms with Crippen LogP contribution in [-0.4, -0.2) is 20.3 Å². The number of nitrogen functional groups attached to an aromatic ring is 1. The normalized spacial score (nSPS) is 11.0. The van der Waals surface area contributed by atoms with Crippen molar-refractivity contribution in [3.8, 4) is 22.5 Å². The lowest BCUT2D eigenvalue weighted by molar-refractivity contribution is 0.102. The van der Waals surface area contributed by atoms with Gasteiger partial charge in [0.05, 0.1) is 39.9 Å². The summed E-state index contributed by atoms with van der Waals surface area (Å²) in [5.74, 6) is -1.97. The Morgan fingerprint density at radius 3 is 2.59 bits per heavy atom. The van der Waals surface area contributed by atoms with Crippen LogP contribution in [0.4, 0.5) is 20.2 Å². The second-order valence-electron chi connectivity index (χ2n) is 7.76. The lowest BCUT2D eigenvalue weighted by atomic mass is 10.0. The highest BCUT2D eigenvalue weighted by molar-refractivity contribution is 6.07. The van der Waals surface area contributed by atoms with Crippen LogP contribution in [0.5, 0.6) is 0 Å². The lowest BCUT2D eigenvalue weighted by Gasteiger charge is -2.12. The highest BCUT2D eigenvalue weighted by Gasteiger charge is 2.18. The summed E-state index contributed by atoms with van der Waals surface area (Å²) < 4.78 is 29.9. The first kappa shape index (κ1) is 21.3. The number of aromatic nitrogens is 3. The molecule has 168 valence electrons. The van der Waals surface area contributed by atoms with Gasteiger partial charge < -0.3 is 11.1 Å². The zero-order valence-corrected chi connectivity index (χ0v) is 18.1. The average molecular weight is 455 g/mol. The summed E-state index contributed by atoms with van der Waals surface area (Å²) in [5.41, 5.74) is 9.98. The van der Waals surface area contributed by atoms with Gasteiger partial charge in [-0.05, 0) is 43.3 Å². The van der Waals surface area contributed by atoms with Gasteiger partial charge in [0.1, 0.15) is 5.82 Å². The van der Waals surface area contributed by atoms with E-state index in [0.29, 0.717) is 33.7 Å². The second-order valence-corrected chi connectivity index (χ2v) is 7.76. The van der Waals surface area contributed by atoms with Crippen molar-refractivity contribution in [1.82, 2.24) is 14.4 Å². The van der Waals surface area contributed by atoms with Crippen molar-refractivity contribution in [2.24, 2.45) is 0 Å². The van der Waals surface area contributed by atoms with Crippen molar-refractivity contribution in [3.63, 3.8) is 0 Å². The molecule has 0 atom stereocenters. The summed E-state index contributed by atoms with van der Waals surface area (Å²) in [7, 11) is 0. The Hall–Kier alpha value is -4.59. The van der Waals surface area contributed by atoms with Crippen LogP contribution in [0, 0.1) is 18.6 Å². The van der Waals surface area contributed by atoms with E-state index < -0.39 is 11.6 Å².